The van der Waals surface area contributed by atoms with Gasteiger partial charge in [0.15, 0.2) is 10.4 Å². The third-order valence-corrected chi connectivity index (χ3v) is 8.05. The summed E-state index contributed by atoms with van der Waals surface area (Å²) in [6.07, 6.45) is -0.980. The van der Waals surface area contributed by atoms with Crippen molar-refractivity contribution in [1.82, 2.24) is 10.2 Å². The number of thioether (sulfide) groups is 1. The Kier molecular flexibility index (Phi) is 6.46. The Balaban J connectivity index is 1.74. The van der Waals surface area contributed by atoms with Gasteiger partial charge in [0.25, 0.3) is 5.91 Å². The van der Waals surface area contributed by atoms with Crippen LogP contribution < -0.4 is 14.4 Å². The molecule has 1 aromatic carbocycles. The second-order valence-electron chi connectivity index (χ2n) is 6.57. The fourth-order valence-electron chi connectivity index (χ4n) is 2.50. The zero-order valence-electron chi connectivity index (χ0n) is 15.8. The largest absolute Gasteiger partial charge is 0.476 e. The minimum absolute atomic E-state index is 0.0670. The predicted octanol–water partition coefficient (Wildman–Crippen LogP) is 2.84. The van der Waals surface area contributed by atoms with Crippen LogP contribution in [-0.4, -0.2) is 48.7 Å². The van der Waals surface area contributed by atoms with Gasteiger partial charge in [-0.25, -0.2) is 8.42 Å². The zero-order valence-corrected chi connectivity index (χ0v) is 18.2. The molecular weight excluding hydrogens is 420 g/mol. The first-order chi connectivity index (χ1) is 13.3. The van der Waals surface area contributed by atoms with Gasteiger partial charge >= 0.3 is 0 Å². The molecule has 0 saturated carbocycles. The lowest BCUT2D eigenvalue weighted by Crippen LogP contribution is -2.49. The van der Waals surface area contributed by atoms with Crippen molar-refractivity contribution in [2.45, 2.75) is 31.2 Å². The number of aromatic nitrogens is 2. The maximum Gasteiger partial charge on any atom is 0.269 e. The topological polar surface area (TPSA) is 101 Å². The summed E-state index contributed by atoms with van der Waals surface area (Å²) < 4.78 is 32.7. The monoisotopic (exact) mass is 442 g/mol. The highest BCUT2D eigenvalue weighted by Crippen LogP contribution is 2.35. The van der Waals surface area contributed by atoms with Crippen LogP contribution in [0.15, 0.2) is 28.6 Å². The van der Waals surface area contributed by atoms with E-state index in [1.165, 1.54) is 15.6 Å². The average Bonchev–Trinajstić information content (AvgIpc) is 3.12. The summed E-state index contributed by atoms with van der Waals surface area (Å²) in [6, 6.07) is 6.79. The first-order valence-corrected chi connectivity index (χ1v) is 12.2. The normalized spacial score (nSPS) is 16.6. The van der Waals surface area contributed by atoms with Gasteiger partial charge in [-0.3, -0.25) is 14.4 Å². The number of carbonyl (C=O) groups is 1. The molecule has 0 unspecified atom stereocenters. The number of sulfonamides is 1. The summed E-state index contributed by atoms with van der Waals surface area (Å²) in [5.41, 5.74) is 0.441. The number of nitrogens with one attached hydrogen (secondary N) is 1. The van der Waals surface area contributed by atoms with Gasteiger partial charge in [-0.2, -0.15) is 0 Å². The van der Waals surface area contributed by atoms with Gasteiger partial charge in [-0.1, -0.05) is 49.1 Å². The fourth-order valence-corrected chi connectivity index (χ4v) is 5.36. The number of para-hydroxylation sites is 2. The van der Waals surface area contributed by atoms with Crippen LogP contribution in [-0.2, 0) is 14.8 Å². The SMILES string of the molecule is CCS(=O)(=O)N1C[C@H](C(=O)Nc2nnc(SCC(C)C)s2)Oc2ccccc21. The maximum absolute atomic E-state index is 12.7. The first-order valence-electron chi connectivity index (χ1n) is 8.83. The molecular formula is C17H22N4O4S3. The molecule has 2 aromatic rings. The maximum atomic E-state index is 12.7. The molecule has 8 nitrogen and oxygen atoms in total. The van der Waals surface area contributed by atoms with Gasteiger partial charge in [0.2, 0.25) is 15.2 Å². The summed E-state index contributed by atoms with van der Waals surface area (Å²) in [5.74, 6) is 1.27. The number of hydrogen-bond acceptors (Lipinski definition) is 8. The molecule has 1 aliphatic rings. The molecule has 1 amide bonds. The number of benzene rings is 1. The van der Waals surface area contributed by atoms with E-state index < -0.39 is 22.0 Å². The van der Waals surface area contributed by atoms with Gasteiger partial charge in [-0.05, 0) is 25.0 Å². The number of hydrogen-bond donors (Lipinski definition) is 1. The van der Waals surface area contributed by atoms with Crippen molar-refractivity contribution in [1.29, 1.82) is 0 Å². The van der Waals surface area contributed by atoms with Crippen LogP contribution in [0.4, 0.5) is 10.8 Å². The van der Waals surface area contributed by atoms with Crippen molar-refractivity contribution in [3.63, 3.8) is 0 Å². The molecule has 1 aliphatic heterocycles. The Hall–Kier alpha value is -1.85. The lowest BCUT2D eigenvalue weighted by molar-refractivity contribution is -0.122. The summed E-state index contributed by atoms with van der Waals surface area (Å²) in [4.78, 5) is 12.7. The highest BCUT2D eigenvalue weighted by molar-refractivity contribution is 8.01. The average molecular weight is 443 g/mol. The van der Waals surface area contributed by atoms with Gasteiger partial charge < -0.3 is 4.74 Å². The van der Waals surface area contributed by atoms with E-state index in [0.717, 1.165) is 10.1 Å². The van der Waals surface area contributed by atoms with Crippen molar-refractivity contribution in [2.75, 3.05) is 27.7 Å². The second kappa shape index (κ2) is 8.66. The van der Waals surface area contributed by atoms with E-state index in [1.807, 2.05) is 0 Å². The van der Waals surface area contributed by atoms with E-state index in [1.54, 1.807) is 43.0 Å². The van der Waals surface area contributed by atoms with E-state index in [2.05, 4.69) is 29.4 Å². The molecule has 3 rings (SSSR count). The van der Waals surface area contributed by atoms with Crippen LogP contribution >= 0.6 is 23.1 Å². The molecule has 1 atom stereocenters. The zero-order chi connectivity index (χ0) is 20.3. The molecule has 0 aliphatic carbocycles. The number of nitrogens with zero attached hydrogens (tertiary/aromatic N) is 3. The molecule has 0 spiro atoms. The molecule has 2 heterocycles. The van der Waals surface area contributed by atoms with Crippen LogP contribution in [0, 0.1) is 5.92 Å². The molecule has 1 N–H and O–H groups in total. The van der Waals surface area contributed by atoms with Crippen molar-refractivity contribution < 1.29 is 17.9 Å². The number of fused-ring (bicyclic) bond motifs is 1. The standard InChI is InChI=1S/C17H22N4O4S3/c1-4-28(23,24)21-9-14(25-13-8-6-5-7-12(13)21)15(22)18-16-19-20-17(27-16)26-10-11(2)3/h5-8,11,14H,4,9-10H2,1-3H3,(H,18,19,22)/t14-/m1/s1. The molecule has 0 bridgehead atoms. The molecule has 152 valence electrons. The highest BCUT2D eigenvalue weighted by atomic mass is 32.2. The molecule has 0 radical (unpaired) electrons. The van der Waals surface area contributed by atoms with Gasteiger partial charge in [0.05, 0.1) is 18.0 Å². The number of anilines is 2. The summed E-state index contributed by atoms with van der Waals surface area (Å²) in [6.45, 7) is 5.71. The molecule has 1 aromatic heterocycles. The van der Waals surface area contributed by atoms with Crippen LogP contribution in [0.1, 0.15) is 20.8 Å². The summed E-state index contributed by atoms with van der Waals surface area (Å²) in [7, 11) is -3.54. The van der Waals surface area contributed by atoms with E-state index in [-0.39, 0.29) is 12.3 Å². The van der Waals surface area contributed by atoms with Crippen LogP contribution in [0.5, 0.6) is 5.75 Å². The Morgan fingerprint density at radius 2 is 2.14 bits per heavy atom. The molecule has 11 heteroatoms. The number of ether oxygens (including phenoxy) is 1. The third kappa shape index (κ3) is 4.76. The highest BCUT2D eigenvalue weighted by Gasteiger charge is 2.36. The Morgan fingerprint density at radius 1 is 1.39 bits per heavy atom. The number of rotatable bonds is 7. The fraction of sp³-hybridized carbons (Fsp3) is 0.471. The predicted molar refractivity (Wildman–Crippen MR) is 112 cm³/mol. The lowest BCUT2D eigenvalue weighted by atomic mass is 10.2. The van der Waals surface area contributed by atoms with E-state index in [0.29, 0.717) is 22.5 Å². The van der Waals surface area contributed by atoms with Crippen LogP contribution in [0.2, 0.25) is 0 Å². The molecule has 28 heavy (non-hydrogen) atoms. The van der Waals surface area contributed by atoms with Gasteiger partial charge in [0, 0.05) is 5.75 Å². The van der Waals surface area contributed by atoms with Gasteiger partial charge in [0.1, 0.15) is 5.75 Å². The number of amides is 1. The molecule has 0 saturated heterocycles. The third-order valence-electron chi connectivity index (χ3n) is 3.90. The first kappa shape index (κ1) is 20.9. The minimum Gasteiger partial charge on any atom is -0.476 e. The Bertz CT molecular complexity index is 945. The van der Waals surface area contributed by atoms with Crippen LogP contribution in [0.3, 0.4) is 0 Å². The van der Waals surface area contributed by atoms with Crippen molar-refractivity contribution in [3.05, 3.63) is 24.3 Å². The van der Waals surface area contributed by atoms with Crippen molar-refractivity contribution >= 4 is 49.8 Å². The Labute approximate surface area is 172 Å². The lowest BCUT2D eigenvalue weighted by Gasteiger charge is -2.34. The quantitative estimate of drug-likeness (QED) is 0.520. The Morgan fingerprint density at radius 3 is 2.86 bits per heavy atom. The van der Waals surface area contributed by atoms with E-state index in [9.17, 15) is 13.2 Å². The summed E-state index contributed by atoms with van der Waals surface area (Å²) >= 11 is 2.87. The second-order valence-corrected chi connectivity index (χ2v) is 11.0. The van der Waals surface area contributed by atoms with E-state index in [4.69, 9.17) is 4.74 Å². The van der Waals surface area contributed by atoms with Crippen molar-refractivity contribution in [2.24, 2.45) is 5.92 Å². The number of carbonyl (C=O) groups excluding carboxylic acids is 1. The van der Waals surface area contributed by atoms with Crippen LogP contribution in [0.25, 0.3) is 0 Å². The summed E-state index contributed by atoms with van der Waals surface area (Å²) in [5, 5.41) is 11.1. The van der Waals surface area contributed by atoms with Gasteiger partial charge in [-0.15, -0.1) is 10.2 Å². The minimum atomic E-state index is -3.54. The van der Waals surface area contributed by atoms with E-state index >= 15 is 0 Å². The molecule has 0 fully saturated rings. The smallest absolute Gasteiger partial charge is 0.269 e. The van der Waals surface area contributed by atoms with Crippen molar-refractivity contribution in [3.8, 4) is 5.75 Å².